The van der Waals surface area contributed by atoms with E-state index in [0.717, 1.165) is 6.92 Å². The first-order chi connectivity index (χ1) is 9.54. The molecule has 0 atom stereocenters. The average molecular weight is 421 g/mol. The largest absolute Gasteiger partial charge is 0.412 e. The predicted molar refractivity (Wildman–Crippen MR) is 72.0 cm³/mol. The van der Waals surface area contributed by atoms with E-state index in [4.69, 9.17) is 22.5 Å². The minimum absolute atomic E-state index is 0.357. The molecule has 0 N–H and O–H groups in total. The second-order valence-corrected chi connectivity index (χ2v) is 11.5. The van der Waals surface area contributed by atoms with Crippen molar-refractivity contribution in [3.63, 3.8) is 0 Å². The standard InChI is InChI=1S/C6H9F6O3P.C2H5Cl2OP/c1-2-16(13,14-3-5(7,8)9)15-4-6(10,11)12;1-2-6(3,4)5/h2-4H2,1H3;2H2,1H3. The van der Waals surface area contributed by atoms with E-state index in [1.165, 1.54) is 0 Å². The van der Waals surface area contributed by atoms with Crippen LogP contribution in [0.15, 0.2) is 0 Å². The van der Waals surface area contributed by atoms with Crippen molar-refractivity contribution >= 4 is 35.9 Å². The molecule has 0 aliphatic rings. The zero-order chi connectivity index (χ0) is 18.2. The number of alkyl halides is 6. The molecule has 22 heavy (non-hydrogen) atoms. The Kier molecular flexibility index (Phi) is 11.0. The van der Waals surface area contributed by atoms with Crippen LogP contribution >= 0.6 is 35.9 Å². The van der Waals surface area contributed by atoms with Crippen LogP contribution in [0.25, 0.3) is 0 Å². The first-order valence-corrected chi connectivity index (χ1v) is 11.0. The molecule has 0 amide bonds. The zero-order valence-electron chi connectivity index (χ0n) is 11.4. The highest BCUT2D eigenvalue weighted by molar-refractivity contribution is 8.08. The molecule has 0 aliphatic heterocycles. The molecular weight excluding hydrogens is 407 g/mol. The first-order valence-electron chi connectivity index (χ1n) is 5.53. The first kappa shape index (κ1) is 24.8. The van der Waals surface area contributed by atoms with Crippen LogP contribution in [0.3, 0.4) is 0 Å². The third kappa shape index (κ3) is 18.6. The van der Waals surface area contributed by atoms with Crippen molar-refractivity contribution in [1.82, 2.24) is 0 Å². The van der Waals surface area contributed by atoms with Gasteiger partial charge in [0.05, 0.1) is 0 Å². The number of rotatable bonds is 6. The Morgan fingerprint density at radius 2 is 1.09 bits per heavy atom. The van der Waals surface area contributed by atoms with Crippen molar-refractivity contribution in [2.24, 2.45) is 0 Å². The van der Waals surface area contributed by atoms with E-state index in [-0.39, 0.29) is 0 Å². The van der Waals surface area contributed by atoms with Gasteiger partial charge in [0.15, 0.2) is 13.2 Å². The molecule has 4 nitrogen and oxygen atoms in total. The van der Waals surface area contributed by atoms with E-state index in [2.05, 4.69) is 9.05 Å². The average Bonchev–Trinajstić information content (AvgIpc) is 2.32. The Balaban J connectivity index is 0. The summed E-state index contributed by atoms with van der Waals surface area (Å²) in [6.07, 6.45) is -9.76. The lowest BCUT2D eigenvalue weighted by Crippen LogP contribution is -2.20. The summed E-state index contributed by atoms with van der Waals surface area (Å²) in [6, 6.07) is 0. The summed E-state index contributed by atoms with van der Waals surface area (Å²) in [5.74, 6) is -2.70. The molecule has 0 saturated heterocycles. The van der Waals surface area contributed by atoms with Gasteiger partial charge in [-0.3, -0.25) is 18.2 Å². The topological polar surface area (TPSA) is 52.6 Å². The lowest BCUT2D eigenvalue weighted by molar-refractivity contribution is -0.165. The summed E-state index contributed by atoms with van der Waals surface area (Å²) in [4.78, 5) is 0. The van der Waals surface area contributed by atoms with E-state index in [0.29, 0.717) is 6.16 Å². The van der Waals surface area contributed by atoms with Crippen LogP contribution in [-0.4, -0.2) is 37.9 Å². The fourth-order valence-corrected chi connectivity index (χ4v) is 1.69. The highest BCUT2D eigenvalue weighted by Gasteiger charge is 2.37. The van der Waals surface area contributed by atoms with E-state index >= 15 is 0 Å². The van der Waals surface area contributed by atoms with Gasteiger partial charge in [-0.2, -0.15) is 26.3 Å². The Morgan fingerprint density at radius 3 is 1.23 bits per heavy atom. The van der Waals surface area contributed by atoms with Gasteiger partial charge in [0.2, 0.25) is 0 Å². The van der Waals surface area contributed by atoms with Crippen LogP contribution in [0, 0.1) is 0 Å². The molecule has 0 aromatic rings. The van der Waals surface area contributed by atoms with Gasteiger partial charge in [0.25, 0.3) is 5.85 Å². The van der Waals surface area contributed by atoms with E-state index in [1.807, 2.05) is 0 Å². The molecular formula is C8H14Cl2F6O4P2. The third-order valence-corrected chi connectivity index (χ3v) is 5.60. The van der Waals surface area contributed by atoms with E-state index in [1.54, 1.807) is 6.92 Å². The minimum atomic E-state index is -4.77. The van der Waals surface area contributed by atoms with Crippen molar-refractivity contribution < 1.29 is 44.5 Å². The number of halogens is 8. The summed E-state index contributed by atoms with van der Waals surface area (Å²) in [5.41, 5.74) is 0. The Bertz CT molecular complexity index is 386. The van der Waals surface area contributed by atoms with Crippen LogP contribution in [0.4, 0.5) is 26.3 Å². The van der Waals surface area contributed by atoms with Crippen molar-refractivity contribution in [3.8, 4) is 0 Å². The van der Waals surface area contributed by atoms with Crippen molar-refractivity contribution in [2.75, 3.05) is 25.5 Å². The van der Waals surface area contributed by atoms with Gasteiger partial charge in [-0.1, -0.05) is 13.8 Å². The van der Waals surface area contributed by atoms with Gasteiger partial charge < -0.3 is 0 Å². The SMILES string of the molecule is CCP(=O)(Cl)Cl.CCP(=O)(OCC(F)(F)F)OCC(F)(F)F. The van der Waals surface area contributed by atoms with Gasteiger partial charge in [0.1, 0.15) is 0 Å². The molecule has 0 rings (SSSR count). The minimum Gasteiger partial charge on any atom is -0.299 e. The number of hydrogen-bond donors (Lipinski definition) is 0. The maximum Gasteiger partial charge on any atom is 0.412 e. The summed E-state index contributed by atoms with van der Waals surface area (Å²) < 4.78 is 99.1. The van der Waals surface area contributed by atoms with Gasteiger partial charge in [0, 0.05) is 12.3 Å². The maximum atomic E-state index is 11.7. The fraction of sp³-hybridized carbons (Fsp3) is 1.00. The molecule has 0 spiro atoms. The van der Waals surface area contributed by atoms with Gasteiger partial charge >= 0.3 is 19.9 Å². The quantitative estimate of drug-likeness (QED) is 0.388. The molecule has 136 valence electrons. The van der Waals surface area contributed by atoms with Gasteiger partial charge in [-0.15, -0.1) is 0 Å². The Morgan fingerprint density at radius 1 is 0.818 bits per heavy atom. The molecule has 0 unspecified atom stereocenters. The number of hydrogen-bond acceptors (Lipinski definition) is 4. The summed E-state index contributed by atoms with van der Waals surface area (Å²) in [6.45, 7) is -1.03. The molecule has 0 fully saturated rings. The zero-order valence-corrected chi connectivity index (χ0v) is 14.7. The molecule has 14 heteroatoms. The molecule has 0 saturated carbocycles. The van der Waals surface area contributed by atoms with E-state index in [9.17, 15) is 35.5 Å². The van der Waals surface area contributed by atoms with Gasteiger partial charge in [-0.25, -0.2) is 0 Å². The molecule has 0 aromatic carbocycles. The highest BCUT2D eigenvalue weighted by atomic mass is 35.9. The molecule has 0 radical (unpaired) electrons. The lowest BCUT2D eigenvalue weighted by Gasteiger charge is -2.18. The van der Waals surface area contributed by atoms with Crippen molar-refractivity contribution in [3.05, 3.63) is 0 Å². The van der Waals surface area contributed by atoms with Crippen LogP contribution < -0.4 is 0 Å². The van der Waals surface area contributed by atoms with Crippen molar-refractivity contribution in [1.29, 1.82) is 0 Å². The van der Waals surface area contributed by atoms with Crippen molar-refractivity contribution in [2.45, 2.75) is 26.2 Å². The summed E-state index contributed by atoms with van der Waals surface area (Å²) in [5, 5.41) is 0. The summed E-state index contributed by atoms with van der Waals surface area (Å²) >= 11 is 10.1. The molecule has 0 aliphatic carbocycles. The van der Waals surface area contributed by atoms with Crippen LogP contribution in [-0.2, 0) is 18.2 Å². The van der Waals surface area contributed by atoms with Crippen LogP contribution in [0.2, 0.25) is 0 Å². The smallest absolute Gasteiger partial charge is 0.299 e. The molecule has 0 heterocycles. The Hall–Kier alpha value is 0.540. The third-order valence-electron chi connectivity index (χ3n) is 1.61. The predicted octanol–water partition coefficient (Wildman–Crippen LogP) is 6.03. The fourth-order valence-electron chi connectivity index (χ4n) is 0.563. The highest BCUT2D eigenvalue weighted by Crippen LogP contribution is 2.55. The monoisotopic (exact) mass is 420 g/mol. The maximum absolute atomic E-state index is 11.7. The van der Waals surface area contributed by atoms with Crippen LogP contribution in [0.5, 0.6) is 0 Å². The lowest BCUT2D eigenvalue weighted by atomic mass is 10.7. The van der Waals surface area contributed by atoms with Gasteiger partial charge in [-0.05, 0) is 22.5 Å². The normalized spacial score (nSPS) is 13.5. The Labute approximate surface area is 132 Å². The summed E-state index contributed by atoms with van der Waals surface area (Å²) in [7, 11) is -4.33. The molecule has 0 aromatic heterocycles. The van der Waals surface area contributed by atoms with Crippen LogP contribution in [0.1, 0.15) is 13.8 Å². The second-order valence-electron chi connectivity index (χ2n) is 3.59. The van der Waals surface area contributed by atoms with E-state index < -0.39 is 45.2 Å². The second kappa shape index (κ2) is 9.74. The molecule has 0 bridgehead atoms.